The van der Waals surface area contributed by atoms with Gasteiger partial charge in [-0.15, -0.1) is 0 Å². The van der Waals surface area contributed by atoms with E-state index in [4.69, 9.17) is 5.73 Å². The van der Waals surface area contributed by atoms with E-state index < -0.39 is 5.60 Å². The Morgan fingerprint density at radius 3 is 2.67 bits per heavy atom. The second-order valence-electron chi connectivity index (χ2n) is 5.83. The number of anilines is 1. The highest BCUT2D eigenvalue weighted by Gasteiger charge is 2.40. The van der Waals surface area contributed by atoms with E-state index in [1.54, 1.807) is 0 Å². The average Bonchev–Trinajstić information content (AvgIpc) is 2.42. The van der Waals surface area contributed by atoms with Crippen molar-refractivity contribution in [2.75, 3.05) is 5.32 Å². The molecule has 0 radical (unpaired) electrons. The van der Waals surface area contributed by atoms with Gasteiger partial charge in [-0.05, 0) is 50.2 Å². The molecule has 98 valence electrons. The number of aliphatic hydroxyl groups is 1. The van der Waals surface area contributed by atoms with Crippen LogP contribution in [0.1, 0.15) is 37.7 Å². The van der Waals surface area contributed by atoms with Gasteiger partial charge in [0.25, 0.3) is 0 Å². The zero-order valence-corrected chi connectivity index (χ0v) is 10.7. The number of hydrogen-bond donors (Lipinski definition) is 3. The van der Waals surface area contributed by atoms with Crippen molar-refractivity contribution in [1.82, 2.24) is 0 Å². The minimum atomic E-state index is -0.566. The molecule has 1 unspecified atom stereocenters. The van der Waals surface area contributed by atoms with Gasteiger partial charge in [-0.1, -0.05) is 18.2 Å². The predicted molar refractivity (Wildman–Crippen MR) is 73.6 cm³/mol. The molecular weight excluding hydrogens is 224 g/mol. The van der Waals surface area contributed by atoms with Gasteiger partial charge in [0.05, 0.1) is 11.6 Å². The van der Waals surface area contributed by atoms with Crippen molar-refractivity contribution in [1.29, 1.82) is 0 Å². The smallest absolute Gasteiger partial charge is 0.0849 e. The molecule has 3 nitrogen and oxygen atoms in total. The molecule has 1 aromatic rings. The van der Waals surface area contributed by atoms with Crippen LogP contribution in [0.25, 0.3) is 0 Å². The number of nitrogens with one attached hydrogen (secondary N) is 1. The van der Waals surface area contributed by atoms with Crippen LogP contribution in [0.4, 0.5) is 5.69 Å². The van der Waals surface area contributed by atoms with Crippen molar-refractivity contribution >= 4 is 5.69 Å². The number of fused-ring (bicyclic) bond motifs is 1. The molecule has 18 heavy (non-hydrogen) atoms. The fourth-order valence-corrected chi connectivity index (χ4v) is 3.33. The van der Waals surface area contributed by atoms with Crippen LogP contribution in [0.5, 0.6) is 0 Å². The molecule has 3 rings (SSSR count). The number of hydrogen-bond acceptors (Lipinski definition) is 3. The van der Waals surface area contributed by atoms with Crippen LogP contribution in [-0.4, -0.2) is 22.8 Å². The van der Waals surface area contributed by atoms with Crippen molar-refractivity contribution in [2.24, 2.45) is 5.73 Å². The molecule has 1 aliphatic heterocycles. The van der Waals surface area contributed by atoms with E-state index in [0.29, 0.717) is 0 Å². The second-order valence-corrected chi connectivity index (χ2v) is 5.83. The maximum atomic E-state index is 10.8. The van der Waals surface area contributed by atoms with Gasteiger partial charge >= 0.3 is 0 Å². The van der Waals surface area contributed by atoms with Crippen LogP contribution in [0.15, 0.2) is 24.3 Å². The maximum absolute atomic E-state index is 10.8. The van der Waals surface area contributed by atoms with E-state index >= 15 is 0 Å². The summed E-state index contributed by atoms with van der Waals surface area (Å²) in [4.78, 5) is 0. The molecule has 0 bridgehead atoms. The van der Waals surface area contributed by atoms with Gasteiger partial charge < -0.3 is 16.2 Å². The third kappa shape index (κ3) is 2.13. The summed E-state index contributed by atoms with van der Waals surface area (Å²) in [5.41, 5.74) is 7.92. The van der Waals surface area contributed by atoms with Crippen molar-refractivity contribution in [2.45, 2.75) is 56.2 Å². The monoisotopic (exact) mass is 246 g/mol. The molecule has 3 heteroatoms. The lowest BCUT2D eigenvalue weighted by Gasteiger charge is -2.43. The summed E-state index contributed by atoms with van der Waals surface area (Å²) in [5.74, 6) is 0. The fraction of sp³-hybridized carbons (Fsp3) is 0.600. The van der Waals surface area contributed by atoms with Crippen molar-refractivity contribution in [3.63, 3.8) is 0 Å². The molecule has 2 aliphatic rings. The molecule has 1 aliphatic carbocycles. The van der Waals surface area contributed by atoms with Gasteiger partial charge in [-0.2, -0.15) is 0 Å². The molecule has 1 aromatic carbocycles. The normalized spacial score (nSPS) is 35.7. The van der Waals surface area contributed by atoms with E-state index in [1.165, 1.54) is 11.3 Å². The van der Waals surface area contributed by atoms with Gasteiger partial charge in [0, 0.05) is 11.7 Å². The minimum absolute atomic E-state index is 0.180. The molecule has 0 saturated heterocycles. The topological polar surface area (TPSA) is 58.3 Å². The summed E-state index contributed by atoms with van der Waals surface area (Å²) in [7, 11) is 0. The summed E-state index contributed by atoms with van der Waals surface area (Å²) < 4.78 is 0. The van der Waals surface area contributed by atoms with E-state index in [9.17, 15) is 5.11 Å². The van der Waals surface area contributed by atoms with Crippen molar-refractivity contribution in [3.05, 3.63) is 29.8 Å². The van der Waals surface area contributed by atoms with Crippen LogP contribution in [0, 0.1) is 0 Å². The summed E-state index contributed by atoms with van der Waals surface area (Å²) in [6.07, 6.45) is 5.61. The Kier molecular flexibility index (Phi) is 3.04. The van der Waals surface area contributed by atoms with Crippen LogP contribution < -0.4 is 11.1 Å². The largest absolute Gasteiger partial charge is 0.388 e. The third-order valence-corrected chi connectivity index (χ3v) is 4.59. The molecule has 1 atom stereocenters. The highest BCUT2D eigenvalue weighted by Crippen LogP contribution is 2.37. The van der Waals surface area contributed by atoms with E-state index in [1.807, 2.05) is 0 Å². The lowest BCUT2D eigenvalue weighted by atomic mass is 9.75. The standard InChI is InChI=1S/C15H22N2O/c16-12-7-9-15(18,10-8-12)14-6-5-11-3-1-2-4-13(11)17-14/h1-4,12,14,17-18H,5-10,16H2. The zero-order valence-electron chi connectivity index (χ0n) is 10.7. The number of aryl methyl sites for hydroxylation is 1. The first-order chi connectivity index (χ1) is 8.67. The number of benzene rings is 1. The third-order valence-electron chi connectivity index (χ3n) is 4.59. The number of nitrogens with two attached hydrogens (primary N) is 1. The Hall–Kier alpha value is -1.06. The molecular formula is C15H22N2O. The van der Waals surface area contributed by atoms with E-state index in [2.05, 4.69) is 29.6 Å². The van der Waals surface area contributed by atoms with Crippen LogP contribution >= 0.6 is 0 Å². The molecule has 0 spiro atoms. The van der Waals surface area contributed by atoms with E-state index in [-0.39, 0.29) is 12.1 Å². The van der Waals surface area contributed by atoms with Gasteiger partial charge in [-0.3, -0.25) is 0 Å². The molecule has 4 N–H and O–H groups in total. The van der Waals surface area contributed by atoms with Crippen molar-refractivity contribution in [3.8, 4) is 0 Å². The predicted octanol–water partition coefficient (Wildman–Crippen LogP) is 2.05. The summed E-state index contributed by atoms with van der Waals surface area (Å²) in [6, 6.07) is 8.87. The summed E-state index contributed by atoms with van der Waals surface area (Å²) >= 11 is 0. The summed E-state index contributed by atoms with van der Waals surface area (Å²) in [5, 5.41) is 14.4. The Morgan fingerprint density at radius 1 is 1.17 bits per heavy atom. The molecule has 1 fully saturated rings. The highest BCUT2D eigenvalue weighted by atomic mass is 16.3. The molecule has 0 aromatic heterocycles. The van der Waals surface area contributed by atoms with Gasteiger partial charge in [0.2, 0.25) is 0 Å². The zero-order chi connectivity index (χ0) is 12.6. The van der Waals surface area contributed by atoms with Crippen LogP contribution in [0.2, 0.25) is 0 Å². The van der Waals surface area contributed by atoms with Crippen LogP contribution in [0.3, 0.4) is 0 Å². The fourth-order valence-electron chi connectivity index (χ4n) is 3.33. The molecule has 1 heterocycles. The second kappa shape index (κ2) is 4.56. The van der Waals surface area contributed by atoms with E-state index in [0.717, 1.165) is 38.5 Å². The van der Waals surface area contributed by atoms with Gasteiger partial charge in [0.1, 0.15) is 0 Å². The number of rotatable bonds is 1. The Balaban J connectivity index is 1.75. The quantitative estimate of drug-likeness (QED) is 0.711. The number of para-hydroxylation sites is 1. The highest BCUT2D eigenvalue weighted by molar-refractivity contribution is 5.54. The van der Waals surface area contributed by atoms with Crippen molar-refractivity contribution < 1.29 is 5.11 Å². The Morgan fingerprint density at radius 2 is 1.89 bits per heavy atom. The lowest BCUT2D eigenvalue weighted by molar-refractivity contribution is -0.0200. The van der Waals surface area contributed by atoms with Crippen LogP contribution in [-0.2, 0) is 6.42 Å². The lowest BCUT2D eigenvalue weighted by Crippen LogP contribution is -2.52. The van der Waals surface area contributed by atoms with Gasteiger partial charge in [0.15, 0.2) is 0 Å². The first kappa shape index (κ1) is 12.0. The Bertz CT molecular complexity index is 424. The molecule has 0 amide bonds. The maximum Gasteiger partial charge on any atom is 0.0849 e. The first-order valence-electron chi connectivity index (χ1n) is 7.00. The molecule has 1 saturated carbocycles. The SMILES string of the molecule is NC1CCC(O)(C2CCc3ccccc3N2)CC1. The van der Waals surface area contributed by atoms with Gasteiger partial charge in [-0.25, -0.2) is 0 Å². The first-order valence-corrected chi connectivity index (χ1v) is 7.00. The Labute approximate surface area is 108 Å². The average molecular weight is 246 g/mol. The minimum Gasteiger partial charge on any atom is -0.388 e. The summed E-state index contributed by atoms with van der Waals surface area (Å²) in [6.45, 7) is 0.